The van der Waals surface area contributed by atoms with Crippen LogP contribution in [0.2, 0.25) is 0 Å². The summed E-state index contributed by atoms with van der Waals surface area (Å²) in [4.78, 5) is 27.7. The molecule has 0 saturated carbocycles. The van der Waals surface area contributed by atoms with Crippen LogP contribution in [0.5, 0.6) is 5.75 Å². The molecule has 0 spiro atoms. The normalized spacial score (nSPS) is 20.4. The van der Waals surface area contributed by atoms with Crippen LogP contribution in [0, 0.1) is 0 Å². The van der Waals surface area contributed by atoms with Gasteiger partial charge in [0.15, 0.2) is 0 Å². The van der Waals surface area contributed by atoms with E-state index < -0.39 is 0 Å². The average molecular weight is 375 g/mol. The van der Waals surface area contributed by atoms with Gasteiger partial charge >= 0.3 is 0 Å². The number of hydrogen-bond acceptors (Lipinski definition) is 5. The number of ether oxygens (including phenoxy) is 2. The van der Waals surface area contributed by atoms with Crippen molar-refractivity contribution in [2.24, 2.45) is 0 Å². The molecule has 1 aromatic rings. The summed E-state index contributed by atoms with van der Waals surface area (Å²) in [6, 6.07) is 7.42. The fraction of sp³-hybridized carbons (Fsp3) is 0.500. The van der Waals surface area contributed by atoms with Crippen LogP contribution in [0.1, 0.15) is 38.7 Å². The van der Waals surface area contributed by atoms with Gasteiger partial charge in [-0.1, -0.05) is 26.0 Å². The van der Waals surface area contributed by atoms with Crippen LogP contribution in [-0.4, -0.2) is 48.3 Å². The van der Waals surface area contributed by atoms with Crippen molar-refractivity contribution < 1.29 is 19.1 Å². The molecular formula is C20H25NO4S. The third kappa shape index (κ3) is 3.96. The molecule has 2 aliphatic heterocycles. The minimum Gasteiger partial charge on any atom is -0.494 e. The highest BCUT2D eigenvalue weighted by Crippen LogP contribution is 2.37. The molecular weight excluding hydrogens is 350 g/mol. The lowest BCUT2D eigenvalue weighted by molar-refractivity contribution is -0.138. The van der Waals surface area contributed by atoms with E-state index in [0.717, 1.165) is 36.3 Å². The maximum Gasteiger partial charge on any atom is 0.268 e. The van der Waals surface area contributed by atoms with Gasteiger partial charge in [0.25, 0.3) is 11.8 Å². The Hall–Kier alpha value is -1.79. The van der Waals surface area contributed by atoms with Gasteiger partial charge < -0.3 is 9.47 Å². The van der Waals surface area contributed by atoms with Crippen LogP contribution in [0.4, 0.5) is 0 Å². The summed E-state index contributed by atoms with van der Waals surface area (Å²) in [5.41, 5.74) is 1.26. The number of thioether (sulfide) groups is 1. The largest absolute Gasteiger partial charge is 0.494 e. The van der Waals surface area contributed by atoms with Crippen molar-refractivity contribution >= 4 is 29.1 Å². The van der Waals surface area contributed by atoms with Gasteiger partial charge in [-0.2, -0.15) is 0 Å². The fourth-order valence-electron chi connectivity index (χ4n) is 3.18. The number of amides is 2. The van der Waals surface area contributed by atoms with Crippen molar-refractivity contribution in [2.45, 2.75) is 39.2 Å². The number of benzene rings is 1. The first kappa shape index (κ1) is 19.0. The van der Waals surface area contributed by atoms with Gasteiger partial charge in [-0.05, 0) is 42.7 Å². The van der Waals surface area contributed by atoms with Gasteiger partial charge in [-0.15, -0.1) is 11.8 Å². The standard InChI is InChI=1S/C20H25NO4S/c1-3-11-24-15-9-7-14(8-10-15)17-18(26-4-2)20(23)21(19(17)22)13-16-6-5-12-25-16/h7-10,16H,3-6,11-13H2,1-2H3. The van der Waals surface area contributed by atoms with Crippen molar-refractivity contribution in [1.29, 1.82) is 0 Å². The number of carbonyl (C=O) groups excluding carboxylic acids is 2. The minimum absolute atomic E-state index is 0.0417. The highest BCUT2D eigenvalue weighted by atomic mass is 32.2. The molecule has 0 N–H and O–H groups in total. The lowest BCUT2D eigenvalue weighted by atomic mass is 10.1. The van der Waals surface area contributed by atoms with Crippen LogP contribution in [-0.2, 0) is 14.3 Å². The summed E-state index contributed by atoms with van der Waals surface area (Å²) in [7, 11) is 0. The lowest BCUT2D eigenvalue weighted by Crippen LogP contribution is -2.37. The molecule has 1 saturated heterocycles. The fourth-order valence-corrected chi connectivity index (χ4v) is 4.05. The average Bonchev–Trinajstić information content (AvgIpc) is 3.24. The molecule has 1 aromatic carbocycles. The Morgan fingerprint density at radius 3 is 2.58 bits per heavy atom. The van der Waals surface area contributed by atoms with E-state index in [2.05, 4.69) is 6.92 Å². The Balaban J connectivity index is 1.84. The predicted molar refractivity (Wildman–Crippen MR) is 103 cm³/mol. The second-order valence-corrected chi connectivity index (χ2v) is 7.64. The molecule has 0 bridgehead atoms. The van der Waals surface area contributed by atoms with Gasteiger partial charge in [-0.3, -0.25) is 14.5 Å². The van der Waals surface area contributed by atoms with Gasteiger partial charge in [0, 0.05) is 6.61 Å². The summed E-state index contributed by atoms with van der Waals surface area (Å²) >= 11 is 1.43. The van der Waals surface area contributed by atoms with Crippen LogP contribution in [0.3, 0.4) is 0 Å². The zero-order chi connectivity index (χ0) is 18.5. The molecule has 0 aromatic heterocycles. The topological polar surface area (TPSA) is 55.8 Å². The summed E-state index contributed by atoms with van der Waals surface area (Å²) in [6.45, 7) is 5.74. The first-order valence-corrected chi connectivity index (χ1v) is 10.2. The molecule has 5 nitrogen and oxygen atoms in total. The van der Waals surface area contributed by atoms with Gasteiger partial charge in [0.05, 0.1) is 29.7 Å². The van der Waals surface area contributed by atoms with Crippen LogP contribution < -0.4 is 4.74 Å². The Bertz CT molecular complexity index is 692. The van der Waals surface area contributed by atoms with Crippen molar-refractivity contribution in [3.8, 4) is 5.75 Å². The summed E-state index contributed by atoms with van der Waals surface area (Å²) in [5.74, 6) is 1.10. The van der Waals surface area contributed by atoms with Crippen molar-refractivity contribution in [3.63, 3.8) is 0 Å². The number of carbonyl (C=O) groups is 2. The van der Waals surface area contributed by atoms with E-state index in [1.807, 2.05) is 31.2 Å². The number of hydrogen-bond donors (Lipinski definition) is 0. The SMILES string of the molecule is CCCOc1ccc(C2=C(SCC)C(=O)N(CC3CCCO3)C2=O)cc1. The van der Waals surface area contributed by atoms with E-state index in [0.29, 0.717) is 30.2 Å². The molecule has 1 atom stereocenters. The van der Waals surface area contributed by atoms with Crippen molar-refractivity contribution in [2.75, 3.05) is 25.5 Å². The van der Waals surface area contributed by atoms with Crippen molar-refractivity contribution in [1.82, 2.24) is 4.90 Å². The number of rotatable bonds is 8. The molecule has 3 rings (SSSR count). The highest BCUT2D eigenvalue weighted by Gasteiger charge is 2.40. The molecule has 6 heteroatoms. The molecule has 0 aliphatic carbocycles. The predicted octanol–water partition coefficient (Wildman–Crippen LogP) is 3.49. The summed E-state index contributed by atoms with van der Waals surface area (Å²) in [5, 5.41) is 0. The second kappa shape index (κ2) is 8.73. The molecule has 26 heavy (non-hydrogen) atoms. The quantitative estimate of drug-likeness (QED) is 0.651. The third-order valence-corrected chi connectivity index (χ3v) is 5.40. The molecule has 0 radical (unpaired) electrons. The zero-order valence-corrected chi connectivity index (χ0v) is 16.1. The van der Waals surface area contributed by atoms with Crippen LogP contribution in [0.25, 0.3) is 5.57 Å². The number of imide groups is 1. The van der Waals surface area contributed by atoms with E-state index in [4.69, 9.17) is 9.47 Å². The molecule has 2 aliphatic rings. The maximum absolute atomic E-state index is 13.0. The van der Waals surface area contributed by atoms with Crippen molar-refractivity contribution in [3.05, 3.63) is 34.7 Å². The van der Waals surface area contributed by atoms with Crippen LogP contribution in [0.15, 0.2) is 29.2 Å². The molecule has 1 fully saturated rings. The molecule has 140 valence electrons. The summed E-state index contributed by atoms with van der Waals surface area (Å²) in [6.07, 6.45) is 2.78. The number of nitrogens with zero attached hydrogens (tertiary/aromatic N) is 1. The smallest absolute Gasteiger partial charge is 0.268 e. The maximum atomic E-state index is 13.0. The summed E-state index contributed by atoms with van der Waals surface area (Å²) < 4.78 is 11.2. The Morgan fingerprint density at radius 2 is 1.96 bits per heavy atom. The van der Waals surface area contributed by atoms with E-state index in [9.17, 15) is 9.59 Å². The Labute approximate surface area is 158 Å². The van der Waals surface area contributed by atoms with E-state index >= 15 is 0 Å². The van der Waals surface area contributed by atoms with E-state index in [1.165, 1.54) is 16.7 Å². The Kier molecular flexibility index (Phi) is 6.38. The van der Waals surface area contributed by atoms with Gasteiger partial charge in [-0.25, -0.2) is 0 Å². The first-order chi connectivity index (χ1) is 12.7. The molecule has 2 amide bonds. The van der Waals surface area contributed by atoms with E-state index in [1.54, 1.807) is 0 Å². The van der Waals surface area contributed by atoms with E-state index in [-0.39, 0.29) is 17.9 Å². The van der Waals surface area contributed by atoms with Gasteiger partial charge in [0.1, 0.15) is 5.75 Å². The second-order valence-electron chi connectivity index (χ2n) is 6.37. The highest BCUT2D eigenvalue weighted by molar-refractivity contribution is 8.04. The first-order valence-electron chi connectivity index (χ1n) is 9.23. The molecule has 1 unspecified atom stereocenters. The Morgan fingerprint density at radius 1 is 1.19 bits per heavy atom. The monoisotopic (exact) mass is 375 g/mol. The zero-order valence-electron chi connectivity index (χ0n) is 15.3. The van der Waals surface area contributed by atoms with Crippen LogP contribution >= 0.6 is 11.8 Å². The third-order valence-electron chi connectivity index (χ3n) is 4.44. The lowest BCUT2D eigenvalue weighted by Gasteiger charge is -2.19. The van der Waals surface area contributed by atoms with Gasteiger partial charge in [0.2, 0.25) is 0 Å². The molecule has 2 heterocycles. The minimum atomic E-state index is -0.219.